The highest BCUT2D eigenvalue weighted by molar-refractivity contribution is 5.93. The maximum Gasteiger partial charge on any atom is 0.232 e. The highest BCUT2D eigenvalue weighted by atomic mass is 16.5. The molecular formula is C15H14N2O3. The van der Waals surface area contributed by atoms with Gasteiger partial charge in [-0.15, -0.1) is 0 Å². The Hall–Kier alpha value is -2.56. The van der Waals surface area contributed by atoms with Gasteiger partial charge in [-0.2, -0.15) is 0 Å². The number of ether oxygens (including phenoxy) is 1. The summed E-state index contributed by atoms with van der Waals surface area (Å²) in [5.41, 5.74) is 1.02. The Balaban J connectivity index is 1.72. The zero-order chi connectivity index (χ0) is 13.9. The summed E-state index contributed by atoms with van der Waals surface area (Å²) in [4.78, 5) is 16.1. The zero-order valence-corrected chi connectivity index (χ0v) is 10.7. The number of amides is 1. The standard InChI is InChI=1S/C15H14N2O3/c18-12-5-3-7-16-14(12)17-15(19)11-8-10-4-1-2-6-13(10)20-9-11/h1-7,11,18H,8-9H2,(H,16,17,19)/t11-/m1/s1. The number of benzene rings is 1. The molecule has 0 unspecified atom stereocenters. The van der Waals surface area contributed by atoms with E-state index in [1.54, 1.807) is 6.07 Å². The van der Waals surface area contributed by atoms with E-state index in [1.165, 1.54) is 12.3 Å². The van der Waals surface area contributed by atoms with Crippen molar-refractivity contribution in [2.75, 3.05) is 11.9 Å². The average molecular weight is 270 g/mol. The smallest absolute Gasteiger partial charge is 0.232 e. The van der Waals surface area contributed by atoms with Gasteiger partial charge in [-0.25, -0.2) is 4.98 Å². The maximum absolute atomic E-state index is 12.2. The fourth-order valence-corrected chi connectivity index (χ4v) is 2.21. The van der Waals surface area contributed by atoms with Crippen molar-refractivity contribution in [1.29, 1.82) is 0 Å². The van der Waals surface area contributed by atoms with E-state index in [0.29, 0.717) is 13.0 Å². The fourth-order valence-electron chi connectivity index (χ4n) is 2.21. The molecule has 1 atom stereocenters. The van der Waals surface area contributed by atoms with Crippen LogP contribution in [-0.2, 0) is 11.2 Å². The van der Waals surface area contributed by atoms with Crippen molar-refractivity contribution < 1.29 is 14.6 Å². The molecule has 5 nitrogen and oxygen atoms in total. The number of carbonyl (C=O) groups excluding carboxylic acids is 1. The van der Waals surface area contributed by atoms with Gasteiger partial charge in [-0.3, -0.25) is 4.79 Å². The van der Waals surface area contributed by atoms with Crippen LogP contribution in [0.5, 0.6) is 11.5 Å². The molecule has 1 aromatic carbocycles. The molecule has 0 spiro atoms. The van der Waals surface area contributed by atoms with E-state index in [1.807, 2.05) is 24.3 Å². The Bertz CT molecular complexity index is 643. The van der Waals surface area contributed by atoms with Crippen molar-refractivity contribution in [2.24, 2.45) is 5.92 Å². The highest BCUT2D eigenvalue weighted by Crippen LogP contribution is 2.28. The SMILES string of the molecule is O=C(Nc1ncccc1O)[C@H]1COc2ccccc2C1. The van der Waals surface area contributed by atoms with Crippen LogP contribution >= 0.6 is 0 Å². The lowest BCUT2D eigenvalue weighted by Crippen LogP contribution is -2.32. The molecule has 1 aliphatic heterocycles. The van der Waals surface area contributed by atoms with E-state index in [0.717, 1.165) is 11.3 Å². The molecule has 2 N–H and O–H groups in total. The second kappa shape index (κ2) is 5.21. The van der Waals surface area contributed by atoms with Gasteiger partial charge in [0.25, 0.3) is 0 Å². The Morgan fingerprint density at radius 1 is 1.30 bits per heavy atom. The molecule has 5 heteroatoms. The minimum Gasteiger partial charge on any atom is -0.504 e. The number of hydrogen-bond acceptors (Lipinski definition) is 4. The third-order valence-electron chi connectivity index (χ3n) is 3.28. The monoisotopic (exact) mass is 270 g/mol. The van der Waals surface area contributed by atoms with Crippen LogP contribution < -0.4 is 10.1 Å². The molecule has 102 valence electrons. The van der Waals surface area contributed by atoms with Crippen LogP contribution in [0, 0.1) is 5.92 Å². The number of hydrogen-bond donors (Lipinski definition) is 2. The first kappa shape index (κ1) is 12.5. The van der Waals surface area contributed by atoms with Crippen LogP contribution in [0.3, 0.4) is 0 Å². The number of aromatic hydroxyl groups is 1. The van der Waals surface area contributed by atoms with E-state index in [4.69, 9.17) is 4.74 Å². The lowest BCUT2D eigenvalue weighted by molar-refractivity contribution is -0.121. The molecule has 0 fully saturated rings. The second-order valence-corrected chi connectivity index (χ2v) is 4.68. The Kier molecular flexibility index (Phi) is 3.25. The minimum atomic E-state index is -0.286. The molecule has 0 bridgehead atoms. The predicted octanol–water partition coefficient (Wildman–Crippen LogP) is 1.98. The molecule has 0 radical (unpaired) electrons. The van der Waals surface area contributed by atoms with E-state index in [-0.39, 0.29) is 23.4 Å². The van der Waals surface area contributed by atoms with Crippen LogP contribution in [0.25, 0.3) is 0 Å². The molecule has 20 heavy (non-hydrogen) atoms. The van der Waals surface area contributed by atoms with Gasteiger partial charge in [-0.1, -0.05) is 18.2 Å². The number of pyridine rings is 1. The number of rotatable bonds is 2. The normalized spacial score (nSPS) is 16.9. The molecule has 1 aliphatic rings. The van der Waals surface area contributed by atoms with E-state index in [2.05, 4.69) is 10.3 Å². The summed E-state index contributed by atoms with van der Waals surface area (Å²) >= 11 is 0. The summed E-state index contributed by atoms with van der Waals surface area (Å²) in [5.74, 6) is 0.478. The largest absolute Gasteiger partial charge is 0.504 e. The van der Waals surface area contributed by atoms with E-state index in [9.17, 15) is 9.90 Å². The number of para-hydroxylation sites is 1. The first-order valence-corrected chi connectivity index (χ1v) is 6.39. The molecule has 0 saturated heterocycles. The van der Waals surface area contributed by atoms with Gasteiger partial charge in [0.15, 0.2) is 11.6 Å². The molecule has 1 amide bonds. The number of aromatic nitrogens is 1. The molecule has 2 heterocycles. The molecule has 3 rings (SSSR count). The topological polar surface area (TPSA) is 71.5 Å². The van der Waals surface area contributed by atoms with E-state index >= 15 is 0 Å². The van der Waals surface area contributed by atoms with Crippen molar-refractivity contribution in [1.82, 2.24) is 4.98 Å². The summed E-state index contributed by atoms with van der Waals surface area (Å²) < 4.78 is 5.58. The van der Waals surface area contributed by atoms with Gasteiger partial charge >= 0.3 is 0 Å². The highest BCUT2D eigenvalue weighted by Gasteiger charge is 2.26. The third-order valence-corrected chi connectivity index (χ3v) is 3.28. The van der Waals surface area contributed by atoms with Crippen LogP contribution in [0.1, 0.15) is 5.56 Å². The lowest BCUT2D eigenvalue weighted by Gasteiger charge is -2.24. The van der Waals surface area contributed by atoms with Crippen molar-refractivity contribution in [3.8, 4) is 11.5 Å². The molecule has 1 aromatic heterocycles. The predicted molar refractivity (Wildman–Crippen MR) is 73.7 cm³/mol. The van der Waals surface area contributed by atoms with Gasteiger partial charge in [0.2, 0.25) is 5.91 Å². The Morgan fingerprint density at radius 2 is 2.15 bits per heavy atom. The van der Waals surface area contributed by atoms with Crippen LogP contribution in [0.2, 0.25) is 0 Å². The number of carbonyl (C=O) groups is 1. The molecular weight excluding hydrogens is 256 g/mol. The quantitative estimate of drug-likeness (QED) is 0.875. The number of nitrogens with zero attached hydrogens (tertiary/aromatic N) is 1. The van der Waals surface area contributed by atoms with Gasteiger partial charge in [0, 0.05) is 6.20 Å². The van der Waals surface area contributed by atoms with Gasteiger partial charge < -0.3 is 15.2 Å². The Morgan fingerprint density at radius 3 is 3.00 bits per heavy atom. The number of anilines is 1. The van der Waals surface area contributed by atoms with Gasteiger partial charge in [0.05, 0.1) is 5.92 Å². The van der Waals surface area contributed by atoms with Gasteiger partial charge in [0.1, 0.15) is 12.4 Å². The molecule has 0 aliphatic carbocycles. The summed E-state index contributed by atoms with van der Waals surface area (Å²) in [6.45, 7) is 0.330. The van der Waals surface area contributed by atoms with Crippen molar-refractivity contribution in [3.05, 3.63) is 48.2 Å². The van der Waals surface area contributed by atoms with Crippen molar-refractivity contribution in [3.63, 3.8) is 0 Å². The first-order valence-electron chi connectivity index (χ1n) is 6.39. The summed E-state index contributed by atoms with van der Waals surface area (Å²) in [7, 11) is 0. The average Bonchev–Trinajstić information content (AvgIpc) is 2.49. The summed E-state index contributed by atoms with van der Waals surface area (Å²) in [6.07, 6.45) is 2.14. The van der Waals surface area contributed by atoms with Crippen molar-refractivity contribution in [2.45, 2.75) is 6.42 Å². The first-order chi connectivity index (χ1) is 9.74. The lowest BCUT2D eigenvalue weighted by atomic mass is 9.96. The minimum absolute atomic E-state index is 0.0435. The summed E-state index contributed by atoms with van der Waals surface area (Å²) in [5, 5.41) is 12.2. The Labute approximate surface area is 116 Å². The second-order valence-electron chi connectivity index (χ2n) is 4.68. The maximum atomic E-state index is 12.2. The van der Waals surface area contributed by atoms with Gasteiger partial charge in [-0.05, 0) is 30.2 Å². The number of fused-ring (bicyclic) bond motifs is 1. The zero-order valence-electron chi connectivity index (χ0n) is 10.7. The van der Waals surface area contributed by atoms with Crippen LogP contribution in [-0.4, -0.2) is 22.6 Å². The number of nitrogens with one attached hydrogen (secondary N) is 1. The third kappa shape index (κ3) is 2.42. The summed E-state index contributed by atoms with van der Waals surface area (Å²) in [6, 6.07) is 10.8. The molecule has 2 aromatic rings. The van der Waals surface area contributed by atoms with Crippen LogP contribution in [0.4, 0.5) is 5.82 Å². The fraction of sp³-hybridized carbons (Fsp3) is 0.200. The van der Waals surface area contributed by atoms with E-state index < -0.39 is 0 Å². The molecule has 0 saturated carbocycles. The van der Waals surface area contributed by atoms with Crippen LogP contribution in [0.15, 0.2) is 42.6 Å². The van der Waals surface area contributed by atoms with Crippen molar-refractivity contribution >= 4 is 11.7 Å².